The summed E-state index contributed by atoms with van der Waals surface area (Å²) in [5.41, 5.74) is 0.541. The van der Waals surface area contributed by atoms with E-state index >= 15 is 0 Å². The van der Waals surface area contributed by atoms with Crippen molar-refractivity contribution in [2.45, 2.75) is 13.5 Å². The lowest BCUT2D eigenvalue weighted by molar-refractivity contribution is 0.241. The molecule has 8 nitrogen and oxygen atoms in total. The summed E-state index contributed by atoms with van der Waals surface area (Å²) < 4.78 is 2.79. The average molecular weight is 290 g/mol. The highest BCUT2D eigenvalue weighted by molar-refractivity contribution is 5.73. The Morgan fingerprint density at radius 2 is 2.19 bits per heavy atom. The molecule has 0 aliphatic rings. The van der Waals surface area contributed by atoms with Crippen LogP contribution in [-0.2, 0) is 13.6 Å². The van der Waals surface area contributed by atoms with Crippen LogP contribution in [0.5, 0.6) is 0 Å². The summed E-state index contributed by atoms with van der Waals surface area (Å²) in [4.78, 5) is 27.4. The van der Waals surface area contributed by atoms with E-state index in [1.807, 2.05) is 13.0 Å². The number of urea groups is 1. The van der Waals surface area contributed by atoms with Gasteiger partial charge in [-0.2, -0.15) is 0 Å². The maximum atomic E-state index is 12.1. The summed E-state index contributed by atoms with van der Waals surface area (Å²) in [5, 5.41) is 9.55. The first kappa shape index (κ1) is 14.8. The lowest BCUT2D eigenvalue weighted by Gasteiger charge is -2.04. The van der Waals surface area contributed by atoms with Gasteiger partial charge in [-0.25, -0.2) is 14.3 Å². The number of aromatic nitrogens is 4. The van der Waals surface area contributed by atoms with Gasteiger partial charge in [-0.15, -0.1) is 5.10 Å². The zero-order valence-electron chi connectivity index (χ0n) is 12.0. The molecular formula is C13H18N6O2. The van der Waals surface area contributed by atoms with Crippen molar-refractivity contribution in [1.29, 1.82) is 0 Å². The van der Waals surface area contributed by atoms with Crippen LogP contribution in [-0.4, -0.2) is 38.5 Å². The molecule has 0 saturated heterocycles. The third kappa shape index (κ3) is 3.47. The van der Waals surface area contributed by atoms with Crippen molar-refractivity contribution in [3.8, 4) is 11.4 Å². The van der Waals surface area contributed by atoms with Crippen LogP contribution in [0.1, 0.15) is 6.92 Å². The van der Waals surface area contributed by atoms with Gasteiger partial charge in [0.05, 0.1) is 6.54 Å². The minimum atomic E-state index is -0.256. The summed E-state index contributed by atoms with van der Waals surface area (Å²) in [7, 11) is 1.66. The molecule has 0 unspecified atom stereocenters. The van der Waals surface area contributed by atoms with Gasteiger partial charge >= 0.3 is 11.7 Å². The quantitative estimate of drug-likeness (QED) is 0.808. The fourth-order valence-corrected chi connectivity index (χ4v) is 1.88. The predicted octanol–water partition coefficient (Wildman–Crippen LogP) is -0.0371. The monoisotopic (exact) mass is 290 g/mol. The first-order valence-corrected chi connectivity index (χ1v) is 6.69. The molecule has 0 aliphatic heterocycles. The predicted molar refractivity (Wildman–Crippen MR) is 77.8 cm³/mol. The lowest BCUT2D eigenvalue weighted by atomic mass is 10.3. The van der Waals surface area contributed by atoms with Gasteiger partial charge in [-0.3, -0.25) is 9.55 Å². The van der Waals surface area contributed by atoms with E-state index < -0.39 is 0 Å². The SMILES string of the molecule is CCNC(=O)NCCn1nc(-c2cccnc2)n(C)c1=O. The molecule has 112 valence electrons. The van der Waals surface area contributed by atoms with Crippen molar-refractivity contribution in [2.75, 3.05) is 13.1 Å². The Morgan fingerprint density at radius 3 is 2.86 bits per heavy atom. The number of carbonyl (C=O) groups is 1. The van der Waals surface area contributed by atoms with Gasteiger partial charge in [0.15, 0.2) is 5.82 Å². The number of hydrogen-bond acceptors (Lipinski definition) is 4. The average Bonchev–Trinajstić information content (AvgIpc) is 2.77. The molecule has 2 aromatic rings. The van der Waals surface area contributed by atoms with Crippen LogP contribution in [0, 0.1) is 0 Å². The third-order valence-electron chi connectivity index (χ3n) is 2.91. The van der Waals surface area contributed by atoms with Crippen LogP contribution in [0.25, 0.3) is 11.4 Å². The molecule has 0 spiro atoms. The zero-order valence-corrected chi connectivity index (χ0v) is 12.0. The van der Waals surface area contributed by atoms with Gasteiger partial charge in [0.2, 0.25) is 0 Å². The highest BCUT2D eigenvalue weighted by atomic mass is 16.2. The second-order valence-electron chi connectivity index (χ2n) is 4.42. The van der Waals surface area contributed by atoms with Crippen LogP contribution >= 0.6 is 0 Å². The van der Waals surface area contributed by atoms with Gasteiger partial charge in [-0.1, -0.05) is 0 Å². The van der Waals surface area contributed by atoms with E-state index in [1.165, 1.54) is 9.25 Å². The molecule has 0 aromatic carbocycles. The summed E-state index contributed by atoms with van der Waals surface area (Å²) >= 11 is 0. The lowest BCUT2D eigenvalue weighted by Crippen LogP contribution is -2.38. The van der Waals surface area contributed by atoms with Crippen molar-refractivity contribution >= 4 is 6.03 Å². The summed E-state index contributed by atoms with van der Waals surface area (Å²) in [5.74, 6) is 0.547. The maximum absolute atomic E-state index is 12.1. The molecule has 0 aliphatic carbocycles. The molecule has 8 heteroatoms. The first-order valence-electron chi connectivity index (χ1n) is 6.69. The van der Waals surface area contributed by atoms with E-state index in [0.29, 0.717) is 25.5 Å². The summed E-state index contributed by atoms with van der Waals surface area (Å²) in [6.45, 7) is 3.03. The topological polar surface area (TPSA) is 93.8 Å². The van der Waals surface area contributed by atoms with Crippen molar-refractivity contribution in [2.24, 2.45) is 7.05 Å². The minimum Gasteiger partial charge on any atom is -0.338 e. The number of pyridine rings is 1. The standard InChI is InChI=1S/C13H18N6O2/c1-3-15-12(20)16-7-8-19-13(21)18(2)11(17-19)10-5-4-6-14-9-10/h4-6,9H,3,7-8H2,1-2H3,(H2,15,16,20). The molecule has 2 rings (SSSR count). The molecule has 2 aromatic heterocycles. The van der Waals surface area contributed by atoms with E-state index in [1.54, 1.807) is 25.5 Å². The molecule has 2 amide bonds. The highest BCUT2D eigenvalue weighted by Gasteiger charge is 2.12. The Morgan fingerprint density at radius 1 is 1.38 bits per heavy atom. The molecule has 0 bridgehead atoms. The van der Waals surface area contributed by atoms with E-state index in [-0.39, 0.29) is 11.7 Å². The first-order chi connectivity index (χ1) is 10.1. The maximum Gasteiger partial charge on any atom is 0.345 e. The molecule has 0 fully saturated rings. The minimum absolute atomic E-state index is 0.230. The fourth-order valence-electron chi connectivity index (χ4n) is 1.88. The molecule has 0 saturated carbocycles. The third-order valence-corrected chi connectivity index (χ3v) is 2.91. The molecule has 2 N–H and O–H groups in total. The number of carbonyl (C=O) groups excluding carboxylic acids is 1. The van der Waals surface area contributed by atoms with E-state index in [0.717, 1.165) is 5.56 Å². The largest absolute Gasteiger partial charge is 0.345 e. The van der Waals surface area contributed by atoms with Gasteiger partial charge in [0, 0.05) is 38.1 Å². The molecule has 0 atom stereocenters. The normalized spacial score (nSPS) is 10.4. The Hall–Kier alpha value is -2.64. The number of rotatable bonds is 5. The van der Waals surface area contributed by atoms with Gasteiger partial charge in [0.1, 0.15) is 0 Å². The molecular weight excluding hydrogens is 272 g/mol. The smallest absolute Gasteiger partial charge is 0.338 e. The van der Waals surface area contributed by atoms with Crippen molar-refractivity contribution in [3.63, 3.8) is 0 Å². The van der Waals surface area contributed by atoms with Crippen LogP contribution in [0.15, 0.2) is 29.3 Å². The summed E-state index contributed by atoms with van der Waals surface area (Å²) in [6, 6.07) is 3.37. The Kier molecular flexibility index (Phi) is 4.70. The zero-order chi connectivity index (χ0) is 15.2. The second-order valence-corrected chi connectivity index (χ2v) is 4.42. The van der Waals surface area contributed by atoms with Crippen LogP contribution < -0.4 is 16.3 Å². The van der Waals surface area contributed by atoms with E-state index in [2.05, 4.69) is 20.7 Å². The van der Waals surface area contributed by atoms with Gasteiger partial charge in [0.25, 0.3) is 0 Å². The second kappa shape index (κ2) is 6.69. The number of hydrogen-bond donors (Lipinski definition) is 2. The fraction of sp³-hybridized carbons (Fsp3) is 0.385. The van der Waals surface area contributed by atoms with Crippen LogP contribution in [0.2, 0.25) is 0 Å². The highest BCUT2D eigenvalue weighted by Crippen LogP contribution is 2.12. The van der Waals surface area contributed by atoms with Gasteiger partial charge in [-0.05, 0) is 19.1 Å². The number of nitrogens with one attached hydrogen (secondary N) is 2. The van der Waals surface area contributed by atoms with Crippen molar-refractivity contribution in [1.82, 2.24) is 30.0 Å². The summed E-state index contributed by atoms with van der Waals surface area (Å²) in [6.07, 6.45) is 3.31. The van der Waals surface area contributed by atoms with Crippen LogP contribution in [0.4, 0.5) is 4.79 Å². The number of amides is 2. The van der Waals surface area contributed by atoms with Crippen LogP contribution in [0.3, 0.4) is 0 Å². The molecule has 21 heavy (non-hydrogen) atoms. The Balaban J connectivity index is 2.09. The molecule has 0 radical (unpaired) electrons. The van der Waals surface area contributed by atoms with E-state index in [9.17, 15) is 9.59 Å². The molecule has 2 heterocycles. The Labute approximate surface area is 121 Å². The van der Waals surface area contributed by atoms with E-state index in [4.69, 9.17) is 0 Å². The number of nitrogens with zero attached hydrogens (tertiary/aromatic N) is 4. The van der Waals surface area contributed by atoms with Gasteiger partial charge < -0.3 is 10.6 Å². The van der Waals surface area contributed by atoms with Crippen molar-refractivity contribution < 1.29 is 4.79 Å². The Bertz CT molecular complexity index is 661. The van der Waals surface area contributed by atoms with Crippen molar-refractivity contribution in [3.05, 3.63) is 35.0 Å².